The van der Waals surface area contributed by atoms with Crippen molar-refractivity contribution in [3.8, 4) is 0 Å². The minimum atomic E-state index is -2.28. The predicted octanol–water partition coefficient (Wildman–Crippen LogP) is -1.30. The summed E-state index contributed by atoms with van der Waals surface area (Å²) in [6.45, 7) is 0. The molecule has 0 atom stereocenters. The third-order valence-corrected chi connectivity index (χ3v) is 0.403. The first-order chi connectivity index (χ1) is 4.52. The van der Waals surface area contributed by atoms with Crippen LogP contribution in [0.4, 0.5) is 9.59 Å². The van der Waals surface area contributed by atoms with Gasteiger partial charge < -0.3 is 24.5 Å². The maximum atomic E-state index is 9.54. The second-order valence-corrected chi connectivity index (χ2v) is 1.07. The standard InChI is InChI=1S/C2H3BO7.K.H/c4-1(5)9-3(8)10-2(6)7;;/h8H,(H,4,5)(H,6,7);;. The predicted molar refractivity (Wildman–Crippen MR) is 33.3 cm³/mol. The summed E-state index contributed by atoms with van der Waals surface area (Å²) in [5, 5.41) is 23.7. The van der Waals surface area contributed by atoms with Gasteiger partial charge in [0.25, 0.3) is 0 Å². The Bertz CT molecular complexity index is 131. The van der Waals surface area contributed by atoms with Gasteiger partial charge in [-0.25, -0.2) is 9.59 Å². The monoisotopic (exact) mass is 190 g/mol. The van der Waals surface area contributed by atoms with E-state index in [1.54, 1.807) is 0 Å². The van der Waals surface area contributed by atoms with Gasteiger partial charge in [-0.3, -0.25) is 0 Å². The molecule has 0 aliphatic heterocycles. The van der Waals surface area contributed by atoms with E-state index < -0.39 is 19.6 Å². The van der Waals surface area contributed by atoms with Crippen LogP contribution >= 0.6 is 0 Å². The van der Waals surface area contributed by atoms with Gasteiger partial charge >= 0.3 is 71.0 Å². The first-order valence-corrected chi connectivity index (χ1v) is 1.99. The zero-order valence-electron chi connectivity index (χ0n) is 4.55. The Balaban J connectivity index is 0. The van der Waals surface area contributed by atoms with E-state index in [1.807, 2.05) is 0 Å². The fourth-order valence-electron chi connectivity index (χ4n) is 0.197. The Kier molecular flexibility index (Phi) is 8.62. The summed E-state index contributed by atoms with van der Waals surface area (Å²) in [5.74, 6) is 0. The van der Waals surface area contributed by atoms with Crippen molar-refractivity contribution in [1.82, 2.24) is 0 Å². The molecule has 0 amide bonds. The first-order valence-electron chi connectivity index (χ1n) is 1.99. The maximum absolute atomic E-state index is 9.54. The fraction of sp³-hybridized carbons (Fsp3) is 0. The van der Waals surface area contributed by atoms with Gasteiger partial charge in [0.1, 0.15) is 0 Å². The van der Waals surface area contributed by atoms with Crippen molar-refractivity contribution in [2.75, 3.05) is 0 Å². The van der Waals surface area contributed by atoms with E-state index in [2.05, 4.69) is 9.31 Å². The second kappa shape index (κ2) is 6.88. The van der Waals surface area contributed by atoms with Crippen LogP contribution in [0.25, 0.3) is 0 Å². The van der Waals surface area contributed by atoms with Crippen molar-refractivity contribution in [3.05, 3.63) is 0 Å². The molecular formula is C2H4BKO7. The minimum absolute atomic E-state index is 0. The molecule has 0 aromatic heterocycles. The van der Waals surface area contributed by atoms with E-state index in [0.29, 0.717) is 0 Å². The van der Waals surface area contributed by atoms with Crippen LogP contribution in [0.2, 0.25) is 0 Å². The Morgan fingerprint density at radius 2 is 1.36 bits per heavy atom. The van der Waals surface area contributed by atoms with Crippen LogP contribution in [0.3, 0.4) is 0 Å². The Hall–Kier alpha value is 0.201. The van der Waals surface area contributed by atoms with E-state index in [1.165, 1.54) is 0 Å². The second-order valence-electron chi connectivity index (χ2n) is 1.07. The molecule has 58 valence electrons. The number of hydrogen-bond donors (Lipinski definition) is 3. The van der Waals surface area contributed by atoms with Crippen molar-refractivity contribution in [2.24, 2.45) is 0 Å². The van der Waals surface area contributed by atoms with E-state index in [4.69, 9.17) is 15.2 Å². The van der Waals surface area contributed by atoms with Crippen LogP contribution in [0.1, 0.15) is 0 Å². The molecule has 11 heavy (non-hydrogen) atoms. The van der Waals surface area contributed by atoms with Gasteiger partial charge in [0.15, 0.2) is 0 Å². The summed E-state index contributed by atoms with van der Waals surface area (Å²) in [5.41, 5.74) is 0. The van der Waals surface area contributed by atoms with Crippen LogP contribution in [-0.2, 0) is 9.31 Å². The molecule has 0 radical (unpaired) electrons. The first kappa shape index (κ1) is 13.8. The molecule has 0 spiro atoms. The van der Waals surface area contributed by atoms with Crippen LogP contribution in [0, 0.1) is 0 Å². The number of carboxylic acid groups (broad SMARTS) is 2. The van der Waals surface area contributed by atoms with Gasteiger partial charge in [0, 0.05) is 0 Å². The van der Waals surface area contributed by atoms with Crippen molar-refractivity contribution in [2.45, 2.75) is 0 Å². The molecule has 0 aromatic carbocycles. The van der Waals surface area contributed by atoms with Crippen molar-refractivity contribution >= 4 is 71.0 Å². The molecule has 7 nitrogen and oxygen atoms in total. The van der Waals surface area contributed by atoms with Crippen LogP contribution < -0.4 is 0 Å². The Morgan fingerprint density at radius 1 is 1.09 bits per heavy atom. The van der Waals surface area contributed by atoms with E-state index in [0.717, 1.165) is 0 Å². The van der Waals surface area contributed by atoms with Gasteiger partial charge in [-0.1, -0.05) is 0 Å². The number of carbonyl (C=O) groups is 2. The van der Waals surface area contributed by atoms with Crippen molar-refractivity contribution < 1.29 is 34.1 Å². The van der Waals surface area contributed by atoms with Gasteiger partial charge in [0.05, 0.1) is 0 Å². The molecule has 0 aliphatic rings. The van der Waals surface area contributed by atoms with Gasteiger partial charge in [-0.15, -0.1) is 0 Å². The van der Waals surface area contributed by atoms with Gasteiger partial charge in [-0.2, -0.15) is 0 Å². The van der Waals surface area contributed by atoms with Crippen LogP contribution in [0.15, 0.2) is 0 Å². The third kappa shape index (κ3) is 10.2. The fourth-order valence-corrected chi connectivity index (χ4v) is 0.197. The Morgan fingerprint density at radius 3 is 1.55 bits per heavy atom. The van der Waals surface area contributed by atoms with E-state index >= 15 is 0 Å². The molecule has 0 fully saturated rings. The normalized spacial score (nSPS) is 7.36. The van der Waals surface area contributed by atoms with Crippen molar-refractivity contribution in [1.29, 1.82) is 0 Å². The average molecular weight is 190 g/mol. The summed E-state index contributed by atoms with van der Waals surface area (Å²) in [4.78, 5) is 19.1. The molecule has 0 heterocycles. The zero-order chi connectivity index (χ0) is 8.15. The topological polar surface area (TPSA) is 113 Å². The molecule has 0 bridgehead atoms. The average Bonchev–Trinajstić information content (AvgIpc) is 1.58. The molecule has 0 rings (SSSR count). The van der Waals surface area contributed by atoms with Gasteiger partial charge in [0.2, 0.25) is 0 Å². The van der Waals surface area contributed by atoms with Crippen molar-refractivity contribution in [3.63, 3.8) is 0 Å². The summed E-state index contributed by atoms with van der Waals surface area (Å²) < 4.78 is 6.86. The summed E-state index contributed by atoms with van der Waals surface area (Å²) in [7, 11) is -2.28. The zero-order valence-corrected chi connectivity index (χ0v) is 4.55. The third-order valence-electron chi connectivity index (χ3n) is 0.403. The number of hydrogen-bond acceptors (Lipinski definition) is 5. The van der Waals surface area contributed by atoms with Gasteiger partial charge in [-0.05, 0) is 0 Å². The molecule has 0 saturated carbocycles. The molecule has 3 N–H and O–H groups in total. The molecular weight excluding hydrogens is 186 g/mol. The SMILES string of the molecule is O=C(O)OB(O)OC(=O)O.[KH]. The number of rotatable bonds is 2. The van der Waals surface area contributed by atoms with Crippen LogP contribution in [-0.4, -0.2) is 86.3 Å². The Labute approximate surface area is 104 Å². The van der Waals surface area contributed by atoms with E-state index in [-0.39, 0.29) is 51.4 Å². The van der Waals surface area contributed by atoms with Crippen LogP contribution in [0.5, 0.6) is 0 Å². The summed E-state index contributed by atoms with van der Waals surface area (Å²) >= 11 is 0. The molecule has 0 unspecified atom stereocenters. The molecule has 0 aliphatic carbocycles. The van der Waals surface area contributed by atoms with E-state index in [9.17, 15) is 9.59 Å². The molecule has 9 heteroatoms. The molecule has 0 saturated heterocycles. The molecule has 0 aromatic rings. The summed E-state index contributed by atoms with van der Waals surface area (Å²) in [6.07, 6.45) is -3.65. The quantitative estimate of drug-likeness (QED) is 0.463. The summed E-state index contributed by atoms with van der Waals surface area (Å²) in [6, 6.07) is 0.